The first-order valence-corrected chi connectivity index (χ1v) is 7.23. The molecular weight excluding hydrogens is 336 g/mol. The van der Waals surface area contributed by atoms with Crippen LogP contribution in [0.3, 0.4) is 0 Å². The van der Waals surface area contributed by atoms with Crippen molar-refractivity contribution in [1.29, 1.82) is 0 Å². The monoisotopic (exact) mass is 350 g/mol. The van der Waals surface area contributed by atoms with E-state index in [0.29, 0.717) is 17.2 Å². The third kappa shape index (κ3) is 3.18. The Kier molecular flexibility index (Phi) is 4.52. The number of rotatable bonds is 4. The van der Waals surface area contributed by atoms with E-state index >= 15 is 0 Å². The van der Waals surface area contributed by atoms with Crippen LogP contribution in [-0.4, -0.2) is 21.9 Å². The molecule has 7 heteroatoms. The fourth-order valence-electron chi connectivity index (χ4n) is 1.90. The number of nitro benzene ring substituents is 1. The molecule has 0 radical (unpaired) electrons. The third-order valence-corrected chi connectivity index (χ3v) is 3.76. The molecule has 0 aliphatic heterocycles. The van der Waals surface area contributed by atoms with Gasteiger partial charge in [-0.1, -0.05) is 26.0 Å². The Balaban J connectivity index is 2.61. The zero-order chi connectivity index (χ0) is 15.6. The lowest BCUT2D eigenvalue weighted by molar-refractivity contribution is -0.384. The van der Waals surface area contributed by atoms with Crippen molar-refractivity contribution in [2.45, 2.75) is 19.8 Å². The fourth-order valence-corrected chi connectivity index (χ4v) is 2.73. The normalized spacial score (nSPS) is 10.7. The van der Waals surface area contributed by atoms with Gasteiger partial charge in [-0.3, -0.25) is 10.1 Å². The van der Waals surface area contributed by atoms with Crippen LogP contribution in [0.15, 0.2) is 28.7 Å². The summed E-state index contributed by atoms with van der Waals surface area (Å²) < 4.78 is 0.814. The summed E-state index contributed by atoms with van der Waals surface area (Å²) in [6.07, 6.45) is 0. The predicted molar refractivity (Wildman–Crippen MR) is 85.5 cm³/mol. The number of nitro groups is 1. The number of aromatic nitrogens is 2. The van der Waals surface area contributed by atoms with E-state index in [-0.39, 0.29) is 11.6 Å². The Morgan fingerprint density at radius 3 is 2.62 bits per heavy atom. The summed E-state index contributed by atoms with van der Waals surface area (Å²) in [5.41, 5.74) is 1.50. The predicted octanol–water partition coefficient (Wildman–Crippen LogP) is 3.98. The molecule has 0 saturated heterocycles. The summed E-state index contributed by atoms with van der Waals surface area (Å²) in [5.74, 6) is 1.33. The molecule has 0 spiro atoms. The van der Waals surface area contributed by atoms with Gasteiger partial charge in [0, 0.05) is 24.7 Å². The number of non-ortho nitro benzene ring substituents is 1. The maximum absolute atomic E-state index is 10.9. The first-order valence-electron chi connectivity index (χ1n) is 6.44. The van der Waals surface area contributed by atoms with E-state index in [4.69, 9.17) is 0 Å². The SMILES string of the molecule is CNc1nc(-c2cccc([N+](=O)[O-])c2)nc(C(C)C)c1Br. The van der Waals surface area contributed by atoms with Crippen LogP contribution in [0.5, 0.6) is 0 Å². The van der Waals surface area contributed by atoms with Gasteiger partial charge in [-0.15, -0.1) is 0 Å². The van der Waals surface area contributed by atoms with Crippen LogP contribution in [0.2, 0.25) is 0 Å². The fraction of sp³-hybridized carbons (Fsp3) is 0.286. The Labute approximate surface area is 130 Å². The molecule has 0 bridgehead atoms. The van der Waals surface area contributed by atoms with Crippen molar-refractivity contribution >= 4 is 27.4 Å². The van der Waals surface area contributed by atoms with Gasteiger partial charge in [0.25, 0.3) is 5.69 Å². The molecule has 0 saturated carbocycles. The first-order chi connectivity index (χ1) is 9.93. The first kappa shape index (κ1) is 15.4. The second-order valence-corrected chi connectivity index (χ2v) is 5.60. The Morgan fingerprint density at radius 1 is 1.33 bits per heavy atom. The number of anilines is 1. The Hall–Kier alpha value is -2.02. The summed E-state index contributed by atoms with van der Waals surface area (Å²) in [5, 5.41) is 13.9. The number of hydrogen-bond donors (Lipinski definition) is 1. The smallest absolute Gasteiger partial charge is 0.270 e. The van der Waals surface area contributed by atoms with Crippen molar-refractivity contribution in [3.05, 3.63) is 44.5 Å². The molecule has 1 aromatic heterocycles. The lowest BCUT2D eigenvalue weighted by Crippen LogP contribution is -2.04. The minimum absolute atomic E-state index is 0.0242. The van der Waals surface area contributed by atoms with Crippen LogP contribution in [0, 0.1) is 10.1 Å². The minimum Gasteiger partial charge on any atom is -0.372 e. The molecule has 1 N–H and O–H groups in total. The van der Waals surface area contributed by atoms with Crippen molar-refractivity contribution in [1.82, 2.24) is 9.97 Å². The van der Waals surface area contributed by atoms with Gasteiger partial charge in [-0.05, 0) is 21.8 Å². The van der Waals surface area contributed by atoms with Crippen molar-refractivity contribution in [3.63, 3.8) is 0 Å². The van der Waals surface area contributed by atoms with Crippen LogP contribution in [-0.2, 0) is 0 Å². The van der Waals surface area contributed by atoms with Gasteiger partial charge in [0.15, 0.2) is 5.82 Å². The molecule has 0 aliphatic carbocycles. The van der Waals surface area contributed by atoms with Gasteiger partial charge in [0.05, 0.1) is 15.1 Å². The average molecular weight is 351 g/mol. The van der Waals surface area contributed by atoms with Crippen LogP contribution in [0.25, 0.3) is 11.4 Å². The maximum Gasteiger partial charge on any atom is 0.270 e. The van der Waals surface area contributed by atoms with Crippen LogP contribution in [0.1, 0.15) is 25.5 Å². The molecule has 0 fully saturated rings. The number of benzene rings is 1. The molecular formula is C14H15BrN4O2. The second kappa shape index (κ2) is 6.17. The largest absolute Gasteiger partial charge is 0.372 e. The molecule has 1 heterocycles. The van der Waals surface area contributed by atoms with Crippen molar-refractivity contribution < 1.29 is 4.92 Å². The second-order valence-electron chi connectivity index (χ2n) is 4.81. The number of nitrogens with zero attached hydrogens (tertiary/aromatic N) is 3. The standard InChI is InChI=1S/C14H15BrN4O2/c1-8(2)12-11(15)14(16-3)18-13(17-12)9-5-4-6-10(7-9)19(20)21/h4-8H,1-3H3,(H,16,17,18). The topological polar surface area (TPSA) is 81.0 Å². The van der Waals surface area contributed by atoms with Crippen molar-refractivity contribution in [2.24, 2.45) is 0 Å². The van der Waals surface area contributed by atoms with Crippen LogP contribution in [0.4, 0.5) is 11.5 Å². The molecule has 6 nitrogen and oxygen atoms in total. The van der Waals surface area contributed by atoms with E-state index < -0.39 is 4.92 Å². The summed E-state index contributed by atoms with van der Waals surface area (Å²) >= 11 is 3.49. The zero-order valence-electron chi connectivity index (χ0n) is 11.9. The van der Waals surface area contributed by atoms with Gasteiger partial charge >= 0.3 is 0 Å². The number of halogens is 1. The summed E-state index contributed by atoms with van der Waals surface area (Å²) in [4.78, 5) is 19.4. The quantitative estimate of drug-likeness (QED) is 0.666. The Morgan fingerprint density at radius 2 is 2.05 bits per heavy atom. The molecule has 0 unspecified atom stereocenters. The molecule has 0 aliphatic rings. The van der Waals surface area contributed by atoms with E-state index in [1.807, 2.05) is 13.8 Å². The highest BCUT2D eigenvalue weighted by Crippen LogP contribution is 2.31. The molecule has 2 rings (SSSR count). The lowest BCUT2D eigenvalue weighted by Gasteiger charge is -2.13. The molecule has 0 atom stereocenters. The van der Waals surface area contributed by atoms with Gasteiger partial charge in [0.1, 0.15) is 5.82 Å². The number of nitrogens with one attached hydrogen (secondary N) is 1. The van der Waals surface area contributed by atoms with E-state index in [0.717, 1.165) is 10.2 Å². The van der Waals surface area contributed by atoms with Gasteiger partial charge in [-0.25, -0.2) is 9.97 Å². The van der Waals surface area contributed by atoms with Gasteiger partial charge in [0.2, 0.25) is 0 Å². The zero-order valence-corrected chi connectivity index (χ0v) is 13.5. The number of hydrogen-bond acceptors (Lipinski definition) is 5. The molecule has 1 aromatic carbocycles. The Bertz CT molecular complexity index is 689. The summed E-state index contributed by atoms with van der Waals surface area (Å²) in [6.45, 7) is 4.06. The molecule has 2 aromatic rings. The van der Waals surface area contributed by atoms with Crippen molar-refractivity contribution in [2.75, 3.05) is 12.4 Å². The molecule has 0 amide bonds. The highest BCUT2D eigenvalue weighted by atomic mass is 79.9. The summed E-state index contributed by atoms with van der Waals surface area (Å²) in [6, 6.07) is 6.32. The summed E-state index contributed by atoms with van der Waals surface area (Å²) in [7, 11) is 1.77. The van der Waals surface area contributed by atoms with E-state index in [1.54, 1.807) is 19.2 Å². The molecule has 110 valence electrons. The van der Waals surface area contributed by atoms with Gasteiger partial charge in [-0.2, -0.15) is 0 Å². The van der Waals surface area contributed by atoms with Crippen LogP contribution >= 0.6 is 15.9 Å². The van der Waals surface area contributed by atoms with E-state index in [9.17, 15) is 10.1 Å². The van der Waals surface area contributed by atoms with Crippen LogP contribution < -0.4 is 5.32 Å². The van der Waals surface area contributed by atoms with Crippen molar-refractivity contribution in [3.8, 4) is 11.4 Å². The average Bonchev–Trinajstić information content (AvgIpc) is 2.47. The van der Waals surface area contributed by atoms with E-state index in [2.05, 4.69) is 31.2 Å². The maximum atomic E-state index is 10.9. The highest BCUT2D eigenvalue weighted by molar-refractivity contribution is 9.10. The van der Waals surface area contributed by atoms with Gasteiger partial charge < -0.3 is 5.32 Å². The lowest BCUT2D eigenvalue weighted by atomic mass is 10.1. The highest BCUT2D eigenvalue weighted by Gasteiger charge is 2.16. The van der Waals surface area contributed by atoms with E-state index in [1.165, 1.54) is 12.1 Å². The minimum atomic E-state index is -0.426. The molecule has 21 heavy (non-hydrogen) atoms. The third-order valence-electron chi connectivity index (χ3n) is 2.98.